The first-order valence-electron chi connectivity index (χ1n) is 18.1. The standard InChI is InChI=1S/C42H57NO3/c1-26-11-9-13-36-39(26,5)19-17-28(3)41(36,7)24-30-21-32(15-16-35(30)45)43-34-23-33(44)22-31(38(34)46)25-42(8)29(4)18-20-40(6)27(2)12-10-14-37(40)42/h11-12,15-16,21-23,28-29,36-37,43,45H,9-10,13-14,17-20,24-25H2,1-8H3. The lowest BCUT2D eigenvalue weighted by Crippen LogP contribution is -2.50. The number of Topliss-reactive ketones (excluding diaryl/α,β-unsaturated/α-hetero) is 1. The number of allylic oxidation sites excluding steroid dienone is 7. The molecule has 0 spiro atoms. The first-order chi connectivity index (χ1) is 21.6. The van der Waals surface area contributed by atoms with Crippen LogP contribution in [0.1, 0.15) is 119 Å². The third kappa shape index (κ3) is 5.27. The summed E-state index contributed by atoms with van der Waals surface area (Å²) in [4.78, 5) is 27.2. The molecule has 4 heteroatoms. The Labute approximate surface area is 277 Å². The van der Waals surface area contributed by atoms with Gasteiger partial charge in [-0.15, -0.1) is 0 Å². The number of fused-ring (bicyclic) bond motifs is 2. The normalized spacial score (nSPS) is 39.4. The largest absolute Gasteiger partial charge is 0.508 e. The first-order valence-corrected chi connectivity index (χ1v) is 18.1. The van der Waals surface area contributed by atoms with Crippen molar-refractivity contribution in [3.8, 4) is 5.75 Å². The number of phenolic OH excluding ortho intramolecular Hbond substituents is 1. The second-order valence-electron chi connectivity index (χ2n) is 17.0. The molecule has 5 aliphatic carbocycles. The molecule has 0 aromatic heterocycles. The van der Waals surface area contributed by atoms with E-state index in [-0.39, 0.29) is 33.2 Å². The lowest BCUT2D eigenvalue weighted by Gasteiger charge is -2.58. The molecular weight excluding hydrogens is 566 g/mol. The summed E-state index contributed by atoms with van der Waals surface area (Å²) >= 11 is 0. The maximum atomic E-state index is 14.1. The van der Waals surface area contributed by atoms with Crippen LogP contribution in [0, 0.1) is 45.3 Å². The zero-order chi connectivity index (χ0) is 33.2. The average Bonchev–Trinajstić information content (AvgIpc) is 3.00. The van der Waals surface area contributed by atoms with E-state index < -0.39 is 0 Å². The molecule has 0 heterocycles. The molecule has 0 saturated heterocycles. The van der Waals surface area contributed by atoms with Gasteiger partial charge in [0.25, 0.3) is 0 Å². The van der Waals surface area contributed by atoms with Gasteiger partial charge < -0.3 is 10.4 Å². The number of benzene rings is 1. The molecule has 8 atom stereocenters. The highest BCUT2D eigenvalue weighted by atomic mass is 16.3. The van der Waals surface area contributed by atoms with E-state index in [0.717, 1.165) is 43.4 Å². The van der Waals surface area contributed by atoms with Gasteiger partial charge in [-0.3, -0.25) is 9.59 Å². The number of carbonyl (C=O) groups is 2. The molecule has 0 bridgehead atoms. The Hall–Kier alpha value is -2.88. The summed E-state index contributed by atoms with van der Waals surface area (Å²) in [6.45, 7) is 19.0. The van der Waals surface area contributed by atoms with Crippen molar-refractivity contribution >= 4 is 17.3 Å². The van der Waals surface area contributed by atoms with Gasteiger partial charge in [-0.25, -0.2) is 0 Å². The van der Waals surface area contributed by atoms with Crippen LogP contribution >= 0.6 is 0 Å². The van der Waals surface area contributed by atoms with Gasteiger partial charge in [-0.1, -0.05) is 64.8 Å². The molecule has 4 nitrogen and oxygen atoms in total. The topological polar surface area (TPSA) is 66.4 Å². The number of carbonyl (C=O) groups excluding carboxylic acids is 2. The van der Waals surface area contributed by atoms with E-state index in [1.165, 1.54) is 42.9 Å². The Morgan fingerprint density at radius 1 is 0.783 bits per heavy atom. The van der Waals surface area contributed by atoms with Crippen LogP contribution in [0.25, 0.3) is 0 Å². The molecule has 0 aliphatic heterocycles. The molecule has 6 rings (SSSR count). The Bertz CT molecular complexity index is 1560. The van der Waals surface area contributed by atoms with Crippen molar-refractivity contribution in [1.29, 1.82) is 0 Å². The van der Waals surface area contributed by atoms with Crippen molar-refractivity contribution < 1.29 is 14.7 Å². The van der Waals surface area contributed by atoms with Crippen LogP contribution in [-0.2, 0) is 16.0 Å². The summed E-state index contributed by atoms with van der Waals surface area (Å²) in [5.74, 6) is 2.12. The summed E-state index contributed by atoms with van der Waals surface area (Å²) < 4.78 is 0. The van der Waals surface area contributed by atoms with E-state index in [0.29, 0.717) is 47.1 Å². The van der Waals surface area contributed by atoms with Crippen molar-refractivity contribution in [3.63, 3.8) is 0 Å². The van der Waals surface area contributed by atoms with Gasteiger partial charge in [0.05, 0.1) is 5.70 Å². The van der Waals surface area contributed by atoms with E-state index in [1.807, 2.05) is 12.1 Å². The van der Waals surface area contributed by atoms with Crippen molar-refractivity contribution in [2.45, 2.75) is 120 Å². The molecule has 1 aromatic carbocycles. The van der Waals surface area contributed by atoms with Gasteiger partial charge in [0, 0.05) is 17.3 Å². The molecule has 248 valence electrons. The lowest BCUT2D eigenvalue weighted by molar-refractivity contribution is -0.116. The quantitative estimate of drug-likeness (QED) is 0.188. The third-order valence-electron chi connectivity index (χ3n) is 14.8. The number of phenols is 1. The van der Waals surface area contributed by atoms with Gasteiger partial charge in [-0.05, 0) is 153 Å². The number of rotatable bonds is 6. The van der Waals surface area contributed by atoms with Crippen molar-refractivity contribution in [3.05, 3.63) is 70.5 Å². The van der Waals surface area contributed by atoms with Crippen LogP contribution in [0.15, 0.2) is 64.9 Å². The lowest BCUT2D eigenvalue weighted by atomic mass is 9.46. The molecule has 0 radical (unpaired) electrons. The van der Waals surface area contributed by atoms with E-state index >= 15 is 0 Å². The van der Waals surface area contributed by atoms with Crippen LogP contribution in [0.4, 0.5) is 5.69 Å². The predicted molar refractivity (Wildman–Crippen MR) is 188 cm³/mol. The highest BCUT2D eigenvalue weighted by molar-refractivity contribution is 6.21. The fourth-order valence-electron chi connectivity index (χ4n) is 11.1. The Kier molecular flexibility index (Phi) is 8.38. The second kappa shape index (κ2) is 11.7. The van der Waals surface area contributed by atoms with E-state index in [1.54, 1.807) is 12.1 Å². The summed E-state index contributed by atoms with van der Waals surface area (Å²) in [5, 5.41) is 14.4. The molecule has 2 fully saturated rings. The summed E-state index contributed by atoms with van der Waals surface area (Å²) in [6, 6.07) is 5.58. The molecule has 2 N–H and O–H groups in total. The highest BCUT2D eigenvalue weighted by Crippen LogP contribution is 2.63. The fraction of sp³-hybridized carbons (Fsp3) is 0.619. The molecule has 0 amide bonds. The Morgan fingerprint density at radius 3 is 1.89 bits per heavy atom. The molecular formula is C42H57NO3. The van der Waals surface area contributed by atoms with Crippen LogP contribution in [0.5, 0.6) is 5.75 Å². The zero-order valence-electron chi connectivity index (χ0n) is 29.7. The molecule has 8 unspecified atom stereocenters. The van der Waals surface area contributed by atoms with Crippen LogP contribution in [0.2, 0.25) is 0 Å². The van der Waals surface area contributed by atoms with Gasteiger partial charge >= 0.3 is 0 Å². The minimum absolute atomic E-state index is 0.0394. The number of anilines is 1. The summed E-state index contributed by atoms with van der Waals surface area (Å²) in [7, 11) is 0. The van der Waals surface area contributed by atoms with Crippen LogP contribution in [-0.4, -0.2) is 16.7 Å². The van der Waals surface area contributed by atoms with E-state index in [9.17, 15) is 14.7 Å². The molecule has 1 aromatic rings. The predicted octanol–water partition coefficient (Wildman–Crippen LogP) is 10.3. The maximum absolute atomic E-state index is 14.1. The summed E-state index contributed by atoms with van der Waals surface area (Å²) in [6.07, 6.45) is 18.5. The number of aromatic hydroxyl groups is 1. The van der Waals surface area contributed by atoms with Gasteiger partial charge in [0.2, 0.25) is 5.78 Å². The van der Waals surface area contributed by atoms with Crippen molar-refractivity contribution in [2.75, 3.05) is 5.32 Å². The van der Waals surface area contributed by atoms with Crippen molar-refractivity contribution in [1.82, 2.24) is 0 Å². The van der Waals surface area contributed by atoms with Gasteiger partial charge in [0.15, 0.2) is 5.78 Å². The number of ketones is 2. The Balaban J connectivity index is 1.23. The number of hydrogen-bond donors (Lipinski definition) is 2. The van der Waals surface area contributed by atoms with Crippen LogP contribution < -0.4 is 5.32 Å². The molecule has 46 heavy (non-hydrogen) atoms. The minimum Gasteiger partial charge on any atom is -0.508 e. The van der Waals surface area contributed by atoms with E-state index in [2.05, 4.69) is 72.9 Å². The fourth-order valence-corrected chi connectivity index (χ4v) is 11.1. The Morgan fingerprint density at radius 2 is 1.33 bits per heavy atom. The van der Waals surface area contributed by atoms with Crippen LogP contribution in [0.3, 0.4) is 0 Å². The highest BCUT2D eigenvalue weighted by Gasteiger charge is 2.55. The third-order valence-corrected chi connectivity index (χ3v) is 14.8. The number of nitrogens with one attached hydrogen (secondary N) is 1. The SMILES string of the molecule is CC1=CCCC2C1(C)CCC(C)C2(C)CC1=CC(=O)C=C(Nc2ccc(O)c(CC3(C)C(C)CCC4(C)C(C)=CCCC43)c2)C1=O. The molecule has 5 aliphatic rings. The van der Waals surface area contributed by atoms with Gasteiger partial charge in [0.1, 0.15) is 5.75 Å². The van der Waals surface area contributed by atoms with Gasteiger partial charge in [-0.2, -0.15) is 0 Å². The molecule has 2 saturated carbocycles. The first kappa shape index (κ1) is 33.0. The summed E-state index contributed by atoms with van der Waals surface area (Å²) in [5.41, 5.74) is 5.96. The number of hydrogen-bond acceptors (Lipinski definition) is 4. The van der Waals surface area contributed by atoms with Crippen molar-refractivity contribution in [2.24, 2.45) is 45.3 Å². The minimum atomic E-state index is -0.130. The average molecular weight is 624 g/mol. The zero-order valence-corrected chi connectivity index (χ0v) is 29.7. The maximum Gasteiger partial charge on any atom is 0.205 e. The second-order valence-corrected chi connectivity index (χ2v) is 17.0. The monoisotopic (exact) mass is 623 g/mol. The smallest absolute Gasteiger partial charge is 0.205 e. The van der Waals surface area contributed by atoms with E-state index in [4.69, 9.17) is 0 Å².